The molecule has 1 fully saturated rings. The Kier molecular flexibility index (Phi) is 5.69. The van der Waals surface area contributed by atoms with Gasteiger partial charge < -0.3 is 10.1 Å². The molecule has 0 aromatic rings. The summed E-state index contributed by atoms with van der Waals surface area (Å²) in [5.74, 6) is 6.67. The Bertz CT molecular complexity index is 299. The summed E-state index contributed by atoms with van der Waals surface area (Å²) in [5.41, 5.74) is 0.0640. The van der Waals surface area contributed by atoms with Gasteiger partial charge in [0, 0.05) is 24.5 Å². The van der Waals surface area contributed by atoms with Gasteiger partial charge in [0.2, 0.25) is 0 Å². The molecule has 1 aliphatic heterocycles. The molecule has 0 radical (unpaired) electrons. The molecular formula is C16H29NO. The first-order chi connectivity index (χ1) is 8.37. The smallest absolute Gasteiger partial charge is 0.0816 e. The van der Waals surface area contributed by atoms with Crippen LogP contribution in [0.25, 0.3) is 0 Å². The van der Waals surface area contributed by atoms with E-state index in [1.54, 1.807) is 0 Å². The van der Waals surface area contributed by atoms with E-state index in [-0.39, 0.29) is 11.0 Å². The summed E-state index contributed by atoms with van der Waals surface area (Å²) in [5, 5.41) is 3.61. The van der Waals surface area contributed by atoms with Crippen molar-refractivity contribution in [1.82, 2.24) is 5.32 Å². The van der Waals surface area contributed by atoms with Crippen LogP contribution in [-0.2, 0) is 4.74 Å². The molecule has 2 nitrogen and oxygen atoms in total. The summed E-state index contributed by atoms with van der Waals surface area (Å²) >= 11 is 0. The fourth-order valence-electron chi connectivity index (χ4n) is 2.32. The van der Waals surface area contributed by atoms with Crippen LogP contribution in [0.2, 0.25) is 0 Å². The SMILES string of the molecule is CCCNC(CC#CC(C)(C)C)C1(C)CCCO1. The Morgan fingerprint density at radius 2 is 2.11 bits per heavy atom. The van der Waals surface area contributed by atoms with E-state index in [2.05, 4.69) is 51.8 Å². The fraction of sp³-hybridized carbons (Fsp3) is 0.875. The molecule has 2 unspecified atom stereocenters. The first kappa shape index (κ1) is 15.5. The lowest BCUT2D eigenvalue weighted by Gasteiger charge is -2.33. The zero-order valence-corrected chi connectivity index (χ0v) is 12.7. The minimum atomic E-state index is -0.0261. The van der Waals surface area contributed by atoms with Crippen LogP contribution in [0, 0.1) is 17.3 Å². The molecule has 2 atom stereocenters. The van der Waals surface area contributed by atoms with Crippen molar-refractivity contribution in [2.75, 3.05) is 13.2 Å². The lowest BCUT2D eigenvalue weighted by Crippen LogP contribution is -2.48. The molecule has 1 aliphatic rings. The second kappa shape index (κ2) is 6.59. The quantitative estimate of drug-likeness (QED) is 0.757. The monoisotopic (exact) mass is 251 g/mol. The molecule has 1 rings (SSSR count). The Morgan fingerprint density at radius 1 is 1.39 bits per heavy atom. The summed E-state index contributed by atoms with van der Waals surface area (Å²) in [7, 11) is 0. The van der Waals surface area contributed by atoms with E-state index in [4.69, 9.17) is 4.74 Å². The predicted molar refractivity (Wildman–Crippen MR) is 77.5 cm³/mol. The van der Waals surface area contributed by atoms with Gasteiger partial charge in [0.15, 0.2) is 0 Å². The average Bonchev–Trinajstić information content (AvgIpc) is 2.69. The van der Waals surface area contributed by atoms with Gasteiger partial charge in [0.05, 0.1) is 5.60 Å². The maximum absolute atomic E-state index is 5.95. The largest absolute Gasteiger partial charge is 0.374 e. The first-order valence-corrected chi connectivity index (χ1v) is 7.25. The second-order valence-electron chi connectivity index (χ2n) is 6.53. The molecule has 0 amide bonds. The summed E-state index contributed by atoms with van der Waals surface area (Å²) < 4.78 is 5.95. The molecule has 1 heterocycles. The van der Waals surface area contributed by atoms with Crippen LogP contribution in [0.15, 0.2) is 0 Å². The summed E-state index contributed by atoms with van der Waals surface area (Å²) in [4.78, 5) is 0. The first-order valence-electron chi connectivity index (χ1n) is 7.25. The highest BCUT2D eigenvalue weighted by Crippen LogP contribution is 2.30. The maximum Gasteiger partial charge on any atom is 0.0816 e. The number of hydrogen-bond acceptors (Lipinski definition) is 2. The van der Waals surface area contributed by atoms with E-state index in [1.165, 1.54) is 6.42 Å². The van der Waals surface area contributed by atoms with Crippen molar-refractivity contribution in [3.05, 3.63) is 0 Å². The Balaban J connectivity index is 2.63. The normalized spacial score (nSPS) is 25.6. The molecule has 0 spiro atoms. The van der Waals surface area contributed by atoms with Crippen LogP contribution < -0.4 is 5.32 Å². The van der Waals surface area contributed by atoms with Crippen LogP contribution in [0.3, 0.4) is 0 Å². The van der Waals surface area contributed by atoms with Gasteiger partial charge in [0.1, 0.15) is 0 Å². The molecule has 0 aromatic carbocycles. The topological polar surface area (TPSA) is 21.3 Å². The van der Waals surface area contributed by atoms with Gasteiger partial charge in [-0.3, -0.25) is 0 Å². The molecule has 0 aromatic heterocycles. The van der Waals surface area contributed by atoms with Crippen molar-refractivity contribution >= 4 is 0 Å². The van der Waals surface area contributed by atoms with Crippen molar-refractivity contribution in [3.8, 4) is 11.8 Å². The Hall–Kier alpha value is -0.520. The van der Waals surface area contributed by atoms with E-state index < -0.39 is 0 Å². The van der Waals surface area contributed by atoms with E-state index >= 15 is 0 Å². The van der Waals surface area contributed by atoms with E-state index in [9.17, 15) is 0 Å². The highest BCUT2D eigenvalue weighted by atomic mass is 16.5. The van der Waals surface area contributed by atoms with Crippen molar-refractivity contribution in [1.29, 1.82) is 0 Å². The predicted octanol–water partition coefficient (Wildman–Crippen LogP) is 3.36. The van der Waals surface area contributed by atoms with Gasteiger partial charge in [-0.1, -0.05) is 12.8 Å². The summed E-state index contributed by atoms with van der Waals surface area (Å²) in [6.07, 6.45) is 4.35. The van der Waals surface area contributed by atoms with Crippen LogP contribution in [0.1, 0.15) is 60.3 Å². The standard InChI is InChI=1S/C16H29NO/c1-6-12-17-14(9-7-10-15(2,3)4)16(5)11-8-13-18-16/h14,17H,6,8-9,11-13H2,1-5H3. The highest BCUT2D eigenvalue weighted by Gasteiger charge is 2.37. The van der Waals surface area contributed by atoms with E-state index in [1.807, 2.05) is 0 Å². The van der Waals surface area contributed by atoms with Gasteiger partial charge in [-0.05, 0) is 53.5 Å². The van der Waals surface area contributed by atoms with Crippen LogP contribution in [-0.4, -0.2) is 24.8 Å². The molecule has 2 heteroatoms. The van der Waals surface area contributed by atoms with Gasteiger partial charge in [-0.2, -0.15) is 0 Å². The minimum Gasteiger partial charge on any atom is -0.374 e. The number of hydrogen-bond donors (Lipinski definition) is 1. The molecule has 104 valence electrons. The van der Waals surface area contributed by atoms with Gasteiger partial charge in [0.25, 0.3) is 0 Å². The van der Waals surface area contributed by atoms with Crippen molar-refractivity contribution in [2.45, 2.75) is 71.9 Å². The number of ether oxygens (including phenoxy) is 1. The van der Waals surface area contributed by atoms with E-state index in [0.29, 0.717) is 6.04 Å². The molecule has 18 heavy (non-hydrogen) atoms. The molecule has 0 aliphatic carbocycles. The van der Waals surface area contributed by atoms with Crippen molar-refractivity contribution < 1.29 is 4.74 Å². The van der Waals surface area contributed by atoms with E-state index in [0.717, 1.165) is 32.4 Å². The minimum absolute atomic E-state index is 0.0261. The zero-order valence-electron chi connectivity index (χ0n) is 12.7. The van der Waals surface area contributed by atoms with Gasteiger partial charge >= 0.3 is 0 Å². The number of rotatable bonds is 5. The molecule has 0 saturated carbocycles. The highest BCUT2D eigenvalue weighted by molar-refractivity contribution is 5.10. The second-order valence-corrected chi connectivity index (χ2v) is 6.53. The maximum atomic E-state index is 5.95. The lowest BCUT2D eigenvalue weighted by atomic mass is 9.90. The number of nitrogens with one attached hydrogen (secondary N) is 1. The molecule has 1 N–H and O–H groups in total. The zero-order chi connectivity index (χ0) is 13.6. The lowest BCUT2D eigenvalue weighted by molar-refractivity contribution is -0.0101. The third-order valence-corrected chi connectivity index (χ3v) is 3.40. The average molecular weight is 251 g/mol. The van der Waals surface area contributed by atoms with Crippen LogP contribution in [0.5, 0.6) is 0 Å². The van der Waals surface area contributed by atoms with Crippen LogP contribution in [0.4, 0.5) is 0 Å². The molecule has 0 bridgehead atoms. The van der Waals surface area contributed by atoms with Crippen molar-refractivity contribution in [2.24, 2.45) is 5.41 Å². The van der Waals surface area contributed by atoms with Gasteiger partial charge in [-0.25, -0.2) is 0 Å². The van der Waals surface area contributed by atoms with Crippen molar-refractivity contribution in [3.63, 3.8) is 0 Å². The Labute approximate surface area is 113 Å². The summed E-state index contributed by atoms with van der Waals surface area (Å²) in [6, 6.07) is 0.356. The summed E-state index contributed by atoms with van der Waals surface area (Å²) in [6.45, 7) is 12.8. The molecule has 1 saturated heterocycles. The fourth-order valence-corrected chi connectivity index (χ4v) is 2.32. The third-order valence-electron chi connectivity index (χ3n) is 3.40. The van der Waals surface area contributed by atoms with Crippen LogP contribution >= 0.6 is 0 Å². The third kappa shape index (κ3) is 5.00. The van der Waals surface area contributed by atoms with Gasteiger partial charge in [-0.15, -0.1) is 5.92 Å². The molecular weight excluding hydrogens is 222 g/mol. The Morgan fingerprint density at radius 3 is 2.61 bits per heavy atom.